The lowest BCUT2D eigenvalue weighted by Crippen LogP contribution is -2.42. The van der Waals surface area contributed by atoms with E-state index in [4.69, 9.17) is 14.6 Å². The van der Waals surface area contributed by atoms with Crippen molar-refractivity contribution in [2.45, 2.75) is 32.0 Å². The molecule has 0 saturated carbocycles. The Morgan fingerprint density at radius 3 is 2.56 bits per heavy atom. The molecular weight excluding hydrogens is 348 g/mol. The summed E-state index contributed by atoms with van der Waals surface area (Å²) in [6, 6.07) is 14.5. The third-order valence-corrected chi connectivity index (χ3v) is 4.01. The van der Waals surface area contributed by atoms with Crippen molar-refractivity contribution in [3.63, 3.8) is 0 Å². The summed E-state index contributed by atoms with van der Waals surface area (Å²) in [5.41, 5.74) is 1.21. The maximum Gasteiger partial charge on any atom is 0.338 e. The molecule has 0 aromatic heterocycles. The van der Waals surface area contributed by atoms with Gasteiger partial charge in [-0.3, -0.25) is 0 Å². The molecule has 0 radical (unpaired) electrons. The summed E-state index contributed by atoms with van der Waals surface area (Å²) >= 11 is 0. The Labute approximate surface area is 158 Å². The van der Waals surface area contributed by atoms with Crippen LogP contribution in [-0.4, -0.2) is 47.6 Å². The van der Waals surface area contributed by atoms with E-state index in [1.54, 1.807) is 13.0 Å². The molecule has 6 heteroatoms. The smallest absolute Gasteiger partial charge is 0.338 e. The number of hydrogen-bond donors (Lipinski definition) is 2. The first-order valence-electron chi connectivity index (χ1n) is 8.84. The average Bonchev–Trinajstić information content (AvgIpc) is 2.66. The maximum absolute atomic E-state index is 11.7. The second kappa shape index (κ2) is 10.4. The molecule has 0 bridgehead atoms. The van der Waals surface area contributed by atoms with E-state index in [1.165, 1.54) is 16.3 Å². The van der Waals surface area contributed by atoms with Gasteiger partial charge in [-0.1, -0.05) is 54.6 Å². The number of carboxylic acids is 1. The number of aliphatic hydroxyl groups excluding tert-OH is 1. The summed E-state index contributed by atoms with van der Waals surface area (Å²) < 4.78 is 9.93. The van der Waals surface area contributed by atoms with E-state index in [-0.39, 0.29) is 13.2 Å². The van der Waals surface area contributed by atoms with Crippen LogP contribution in [0.4, 0.5) is 0 Å². The standard InChI is InChI=1S/C21H24O6/c1-2-26-21(25)19(18(22)20(23)24)27-13-7-3-4-8-15-11-12-16-9-5-6-10-17(16)14-15/h3,5-7,9-12,14,18-19,22H,2,4,8,13H2,1H3,(H,23,24)/t18-,19-/m1/s1. The van der Waals surface area contributed by atoms with E-state index in [0.29, 0.717) is 0 Å². The molecule has 27 heavy (non-hydrogen) atoms. The Kier molecular flexibility index (Phi) is 7.98. The zero-order chi connectivity index (χ0) is 19.6. The number of carboxylic acid groups (broad SMARTS) is 1. The molecule has 6 nitrogen and oxygen atoms in total. The minimum absolute atomic E-state index is 0.00550. The van der Waals surface area contributed by atoms with E-state index in [9.17, 15) is 14.7 Å². The predicted molar refractivity (Wildman–Crippen MR) is 101 cm³/mol. The molecule has 0 aliphatic carbocycles. The molecule has 2 atom stereocenters. The highest BCUT2D eigenvalue weighted by molar-refractivity contribution is 5.84. The van der Waals surface area contributed by atoms with Crippen molar-refractivity contribution in [1.29, 1.82) is 0 Å². The van der Waals surface area contributed by atoms with Crippen LogP contribution >= 0.6 is 0 Å². The number of aliphatic hydroxyl groups is 1. The van der Waals surface area contributed by atoms with Gasteiger partial charge in [0.2, 0.25) is 0 Å². The van der Waals surface area contributed by atoms with Gasteiger partial charge < -0.3 is 19.7 Å². The minimum atomic E-state index is -1.96. The van der Waals surface area contributed by atoms with Gasteiger partial charge in [-0.05, 0) is 36.1 Å². The van der Waals surface area contributed by atoms with Gasteiger partial charge in [0.15, 0.2) is 12.2 Å². The fraction of sp³-hybridized carbons (Fsp3) is 0.333. The Morgan fingerprint density at radius 2 is 1.85 bits per heavy atom. The molecule has 0 spiro atoms. The molecule has 0 aliphatic rings. The zero-order valence-electron chi connectivity index (χ0n) is 15.2. The van der Waals surface area contributed by atoms with Crippen LogP contribution in [0.15, 0.2) is 54.6 Å². The van der Waals surface area contributed by atoms with Crippen LogP contribution in [0.3, 0.4) is 0 Å². The maximum atomic E-state index is 11.7. The van der Waals surface area contributed by atoms with E-state index in [2.05, 4.69) is 30.3 Å². The molecule has 0 heterocycles. The number of hydrogen-bond acceptors (Lipinski definition) is 5. The summed E-state index contributed by atoms with van der Waals surface area (Å²) in [6.07, 6.45) is 1.70. The number of esters is 1. The first-order valence-corrected chi connectivity index (χ1v) is 8.84. The van der Waals surface area contributed by atoms with Crippen molar-refractivity contribution in [2.24, 2.45) is 0 Å². The van der Waals surface area contributed by atoms with E-state index in [0.717, 1.165) is 12.8 Å². The van der Waals surface area contributed by atoms with Crippen molar-refractivity contribution < 1.29 is 29.3 Å². The van der Waals surface area contributed by atoms with Gasteiger partial charge in [0.05, 0.1) is 13.2 Å². The number of aryl methyl sites for hydroxylation is 1. The summed E-state index contributed by atoms with van der Waals surface area (Å²) in [6.45, 7) is 1.67. The zero-order valence-corrected chi connectivity index (χ0v) is 15.2. The van der Waals surface area contributed by atoms with E-state index < -0.39 is 24.1 Å². The van der Waals surface area contributed by atoms with Crippen molar-refractivity contribution in [2.75, 3.05) is 13.2 Å². The number of allylic oxidation sites excluding steroid dienone is 1. The largest absolute Gasteiger partial charge is 0.479 e. The van der Waals surface area contributed by atoms with Crippen molar-refractivity contribution in [3.8, 4) is 0 Å². The second-order valence-corrected chi connectivity index (χ2v) is 5.98. The van der Waals surface area contributed by atoms with Gasteiger partial charge in [0, 0.05) is 0 Å². The Balaban J connectivity index is 1.82. The molecule has 0 aliphatic heterocycles. The first-order chi connectivity index (χ1) is 13.0. The lowest BCUT2D eigenvalue weighted by atomic mass is 10.0. The number of fused-ring (bicyclic) bond motifs is 1. The molecule has 144 valence electrons. The van der Waals surface area contributed by atoms with Crippen molar-refractivity contribution in [1.82, 2.24) is 0 Å². The Morgan fingerprint density at radius 1 is 1.11 bits per heavy atom. The number of benzene rings is 2. The Bertz CT molecular complexity index is 798. The van der Waals surface area contributed by atoms with E-state index >= 15 is 0 Å². The van der Waals surface area contributed by atoms with Crippen molar-refractivity contribution in [3.05, 3.63) is 60.2 Å². The number of aliphatic carboxylic acids is 1. The lowest BCUT2D eigenvalue weighted by Gasteiger charge is -2.18. The predicted octanol–water partition coefficient (Wildman–Crippen LogP) is 2.72. The van der Waals surface area contributed by atoms with Crippen LogP contribution in [0.1, 0.15) is 18.9 Å². The first kappa shape index (κ1) is 20.6. The van der Waals surface area contributed by atoms with Crippen LogP contribution in [-0.2, 0) is 25.5 Å². The summed E-state index contributed by atoms with van der Waals surface area (Å²) in [5, 5.41) is 20.8. The molecule has 0 saturated heterocycles. The fourth-order valence-corrected chi connectivity index (χ4v) is 2.63. The van der Waals surface area contributed by atoms with Crippen LogP contribution in [0.5, 0.6) is 0 Å². The molecule has 2 aromatic carbocycles. The average molecular weight is 372 g/mol. The third-order valence-electron chi connectivity index (χ3n) is 4.01. The lowest BCUT2D eigenvalue weighted by molar-refractivity contribution is -0.173. The summed E-state index contributed by atoms with van der Waals surface area (Å²) in [4.78, 5) is 22.6. The minimum Gasteiger partial charge on any atom is -0.479 e. The molecule has 0 amide bonds. The highest BCUT2D eigenvalue weighted by Gasteiger charge is 2.34. The van der Waals surface area contributed by atoms with Gasteiger partial charge in [-0.2, -0.15) is 0 Å². The highest BCUT2D eigenvalue weighted by Crippen LogP contribution is 2.16. The monoisotopic (exact) mass is 372 g/mol. The van der Waals surface area contributed by atoms with E-state index in [1.807, 2.05) is 18.2 Å². The quantitative estimate of drug-likeness (QED) is 0.492. The number of rotatable bonds is 10. The Hall–Kier alpha value is -2.70. The number of carbonyl (C=O) groups is 2. The summed E-state index contributed by atoms with van der Waals surface area (Å²) in [5.74, 6) is -2.43. The molecule has 0 fully saturated rings. The summed E-state index contributed by atoms with van der Waals surface area (Å²) in [7, 11) is 0. The topological polar surface area (TPSA) is 93.1 Å². The van der Waals surface area contributed by atoms with Crippen LogP contribution < -0.4 is 0 Å². The van der Waals surface area contributed by atoms with Gasteiger partial charge in [0.25, 0.3) is 0 Å². The van der Waals surface area contributed by atoms with Crippen LogP contribution in [0.25, 0.3) is 10.8 Å². The molecule has 2 aromatic rings. The van der Waals surface area contributed by atoms with Gasteiger partial charge in [-0.25, -0.2) is 9.59 Å². The van der Waals surface area contributed by atoms with Gasteiger partial charge >= 0.3 is 11.9 Å². The number of ether oxygens (including phenoxy) is 2. The van der Waals surface area contributed by atoms with Gasteiger partial charge in [0.1, 0.15) is 0 Å². The van der Waals surface area contributed by atoms with Crippen LogP contribution in [0.2, 0.25) is 0 Å². The molecule has 2 N–H and O–H groups in total. The SMILES string of the molecule is CCOC(=O)[C@H](OCC=CCCc1ccc2ccccc2c1)[C@@H](O)C(=O)O. The molecule has 0 unspecified atom stereocenters. The van der Waals surface area contributed by atoms with Crippen LogP contribution in [0, 0.1) is 0 Å². The number of carbonyl (C=O) groups excluding carboxylic acids is 1. The fourth-order valence-electron chi connectivity index (χ4n) is 2.63. The second-order valence-electron chi connectivity index (χ2n) is 5.98. The molecular formula is C21H24O6. The molecule has 2 rings (SSSR count). The van der Waals surface area contributed by atoms with Gasteiger partial charge in [-0.15, -0.1) is 0 Å². The normalized spacial score (nSPS) is 13.6. The third kappa shape index (κ3) is 6.20. The highest BCUT2D eigenvalue weighted by atomic mass is 16.6. The van der Waals surface area contributed by atoms with Crippen molar-refractivity contribution >= 4 is 22.7 Å².